The van der Waals surface area contributed by atoms with Crippen LogP contribution in [0.5, 0.6) is 0 Å². The van der Waals surface area contributed by atoms with Gasteiger partial charge in [-0.05, 0) is 24.3 Å². The number of carbonyl (C=O) groups excluding carboxylic acids is 1. The highest BCUT2D eigenvalue weighted by molar-refractivity contribution is 7.91. The number of hydrogen-bond donors (Lipinski definition) is 4. The van der Waals surface area contributed by atoms with Crippen LogP contribution >= 0.6 is 0 Å². The van der Waals surface area contributed by atoms with Crippen molar-refractivity contribution in [1.82, 2.24) is 26.1 Å². The molecule has 0 saturated carbocycles. The van der Waals surface area contributed by atoms with E-state index in [0.717, 1.165) is 13.1 Å². The van der Waals surface area contributed by atoms with Gasteiger partial charge in [0.25, 0.3) is 0 Å². The number of nitrogens with one attached hydrogen (secondary N) is 4. The van der Waals surface area contributed by atoms with Crippen molar-refractivity contribution in [2.45, 2.75) is 9.92 Å². The average Bonchev–Trinajstić information content (AvgIpc) is 3.15. The van der Waals surface area contributed by atoms with Crippen molar-refractivity contribution >= 4 is 21.6 Å². The minimum Gasteiger partial charge on any atom is -0.337 e. The van der Waals surface area contributed by atoms with Gasteiger partial charge in [-0.15, -0.1) is 0 Å². The number of urea groups is 1. The molecule has 2 heterocycles. The fourth-order valence-corrected chi connectivity index (χ4v) is 3.46. The van der Waals surface area contributed by atoms with Gasteiger partial charge >= 0.3 is 6.03 Å². The second-order valence-electron chi connectivity index (χ2n) is 5.53. The molecule has 4 N–H and O–H groups in total. The molecular formula is C15H18N6O3S. The summed E-state index contributed by atoms with van der Waals surface area (Å²) >= 11 is 0. The lowest BCUT2D eigenvalue weighted by molar-refractivity contribution is 0.250. The Kier molecular flexibility index (Phi) is 5.22. The molecule has 0 aliphatic carbocycles. The van der Waals surface area contributed by atoms with E-state index in [9.17, 15) is 13.2 Å². The highest BCUT2D eigenvalue weighted by Gasteiger charge is 2.19. The largest absolute Gasteiger partial charge is 0.337 e. The van der Waals surface area contributed by atoms with Gasteiger partial charge in [0.05, 0.1) is 11.1 Å². The zero-order valence-corrected chi connectivity index (χ0v) is 14.1. The summed E-state index contributed by atoms with van der Waals surface area (Å²) in [6.45, 7) is 2.15. The number of nitrogens with zero attached hydrogens (tertiary/aromatic N) is 2. The van der Waals surface area contributed by atoms with Crippen LogP contribution in [0.25, 0.3) is 0 Å². The summed E-state index contributed by atoms with van der Waals surface area (Å²) in [5, 5.41) is 5.33. The predicted octanol–water partition coefficient (Wildman–Crippen LogP) is 0.155. The van der Waals surface area contributed by atoms with Crippen LogP contribution in [0.3, 0.4) is 0 Å². The van der Waals surface area contributed by atoms with E-state index < -0.39 is 9.84 Å². The summed E-state index contributed by atoms with van der Waals surface area (Å²) in [6, 6.07) is 5.56. The molecule has 0 spiro atoms. The Hall–Kier alpha value is -2.56. The third kappa shape index (κ3) is 4.29. The number of anilines is 1. The summed E-state index contributed by atoms with van der Waals surface area (Å²) in [4.78, 5) is 19.5. The van der Waals surface area contributed by atoms with E-state index in [4.69, 9.17) is 0 Å². The van der Waals surface area contributed by atoms with Gasteiger partial charge in [0.2, 0.25) is 9.84 Å². The molecule has 0 unspecified atom stereocenters. The Morgan fingerprint density at radius 2 is 1.88 bits per heavy atom. The summed E-state index contributed by atoms with van der Waals surface area (Å²) in [7, 11) is -3.72. The molecule has 1 aliphatic rings. The Labute approximate surface area is 145 Å². The number of sulfone groups is 1. The molecule has 3 rings (SSSR count). The first-order chi connectivity index (χ1) is 12.1. The quantitative estimate of drug-likeness (QED) is 0.597. The fourth-order valence-electron chi connectivity index (χ4n) is 2.32. The highest BCUT2D eigenvalue weighted by atomic mass is 32.2. The average molecular weight is 362 g/mol. The third-order valence-electron chi connectivity index (χ3n) is 3.70. The van der Waals surface area contributed by atoms with Gasteiger partial charge in [-0.2, -0.15) is 0 Å². The lowest BCUT2D eigenvalue weighted by Crippen LogP contribution is -2.34. The van der Waals surface area contributed by atoms with Crippen LogP contribution in [0.2, 0.25) is 0 Å². The molecule has 25 heavy (non-hydrogen) atoms. The molecule has 1 fully saturated rings. The summed E-state index contributed by atoms with van der Waals surface area (Å²) in [5.41, 5.74) is 6.48. The van der Waals surface area contributed by atoms with E-state index >= 15 is 0 Å². The van der Waals surface area contributed by atoms with Crippen molar-refractivity contribution in [2.75, 3.05) is 25.0 Å². The number of hydrazine groups is 1. The van der Waals surface area contributed by atoms with Crippen LogP contribution in [-0.4, -0.2) is 44.1 Å². The maximum Gasteiger partial charge on any atom is 0.319 e. The van der Waals surface area contributed by atoms with E-state index in [1.54, 1.807) is 0 Å². The Bertz CT molecular complexity index is 820. The number of hydrogen-bond acceptors (Lipinski definition) is 7. The first kappa shape index (κ1) is 17.3. The summed E-state index contributed by atoms with van der Waals surface area (Å²) in [5.74, 6) is 0.338. The topological polar surface area (TPSA) is 125 Å². The summed E-state index contributed by atoms with van der Waals surface area (Å²) in [6.07, 6.45) is 3.92. The van der Waals surface area contributed by atoms with Gasteiger partial charge in [0.15, 0.2) is 5.03 Å². The van der Waals surface area contributed by atoms with Crippen molar-refractivity contribution in [1.29, 1.82) is 0 Å². The smallest absolute Gasteiger partial charge is 0.319 e. The van der Waals surface area contributed by atoms with Gasteiger partial charge in [0, 0.05) is 43.6 Å². The molecule has 0 radical (unpaired) electrons. The molecule has 10 heteroatoms. The van der Waals surface area contributed by atoms with E-state index in [0.29, 0.717) is 18.2 Å². The van der Waals surface area contributed by atoms with Crippen LogP contribution in [0.15, 0.2) is 52.8 Å². The lowest BCUT2D eigenvalue weighted by atomic mass is 10.2. The van der Waals surface area contributed by atoms with E-state index in [1.165, 1.54) is 42.9 Å². The van der Waals surface area contributed by atoms with Crippen molar-refractivity contribution in [3.05, 3.63) is 42.9 Å². The molecule has 1 aromatic heterocycles. The lowest BCUT2D eigenvalue weighted by Gasteiger charge is -2.11. The molecular weight excluding hydrogens is 344 g/mol. The molecule has 0 bridgehead atoms. The van der Waals surface area contributed by atoms with E-state index in [-0.39, 0.29) is 16.0 Å². The second kappa shape index (κ2) is 7.55. The highest BCUT2D eigenvalue weighted by Crippen LogP contribution is 2.20. The number of amides is 2. The molecule has 9 nitrogen and oxygen atoms in total. The Morgan fingerprint density at radius 3 is 2.52 bits per heavy atom. The molecule has 1 aliphatic heterocycles. The first-order valence-electron chi connectivity index (χ1n) is 7.67. The molecule has 1 aromatic carbocycles. The third-order valence-corrected chi connectivity index (χ3v) is 5.35. The van der Waals surface area contributed by atoms with Crippen LogP contribution in [0.4, 0.5) is 10.5 Å². The van der Waals surface area contributed by atoms with Gasteiger partial charge in [-0.25, -0.2) is 18.2 Å². The minimum absolute atomic E-state index is 0.0852. The fraction of sp³-hybridized carbons (Fsp3) is 0.267. The molecule has 1 saturated heterocycles. The van der Waals surface area contributed by atoms with Gasteiger partial charge < -0.3 is 10.6 Å². The van der Waals surface area contributed by atoms with E-state index in [1.807, 2.05) is 0 Å². The van der Waals surface area contributed by atoms with Crippen LogP contribution in [0.1, 0.15) is 0 Å². The number of aromatic nitrogens is 2. The molecule has 132 valence electrons. The van der Waals surface area contributed by atoms with Crippen molar-refractivity contribution in [2.24, 2.45) is 5.92 Å². The zero-order valence-electron chi connectivity index (χ0n) is 13.3. The number of rotatable bonds is 5. The zero-order chi connectivity index (χ0) is 17.7. The van der Waals surface area contributed by atoms with Crippen molar-refractivity contribution < 1.29 is 13.2 Å². The Morgan fingerprint density at radius 1 is 1.16 bits per heavy atom. The number of carbonyl (C=O) groups is 1. The van der Waals surface area contributed by atoms with Crippen LogP contribution in [-0.2, 0) is 9.84 Å². The first-order valence-corrected chi connectivity index (χ1v) is 9.16. The van der Waals surface area contributed by atoms with Gasteiger partial charge in [-0.1, -0.05) is 0 Å². The van der Waals surface area contributed by atoms with Crippen LogP contribution in [0, 0.1) is 5.92 Å². The monoisotopic (exact) mass is 362 g/mol. The van der Waals surface area contributed by atoms with Gasteiger partial charge in [0.1, 0.15) is 0 Å². The molecule has 2 amide bonds. The Balaban J connectivity index is 1.61. The second-order valence-corrected chi connectivity index (χ2v) is 7.43. The number of benzene rings is 1. The van der Waals surface area contributed by atoms with E-state index in [2.05, 4.69) is 31.5 Å². The maximum absolute atomic E-state index is 12.4. The molecule has 0 atom stereocenters. The predicted molar refractivity (Wildman–Crippen MR) is 90.4 cm³/mol. The van der Waals surface area contributed by atoms with Crippen molar-refractivity contribution in [3.63, 3.8) is 0 Å². The normalized spacial score (nSPS) is 15.0. The summed E-state index contributed by atoms with van der Waals surface area (Å²) < 4.78 is 24.8. The van der Waals surface area contributed by atoms with Crippen molar-refractivity contribution in [3.8, 4) is 0 Å². The SMILES string of the molecule is O=C(NCC1CNNC1)Nc1ccc(S(=O)(=O)c2cnccn2)cc1. The van der Waals surface area contributed by atoms with Crippen LogP contribution < -0.4 is 21.5 Å². The van der Waals surface area contributed by atoms with Gasteiger partial charge in [-0.3, -0.25) is 15.8 Å². The maximum atomic E-state index is 12.4. The molecule has 2 aromatic rings. The minimum atomic E-state index is -3.72. The standard InChI is InChI=1S/C15H18N6O3S/c22-15(18-7-11-8-19-20-9-11)21-12-1-3-13(4-2-12)25(23,24)14-10-16-5-6-17-14/h1-6,10-11,19-20H,7-9H2,(H2,18,21,22).